The summed E-state index contributed by atoms with van der Waals surface area (Å²) in [5.41, 5.74) is 2.44. The summed E-state index contributed by atoms with van der Waals surface area (Å²) in [4.78, 5) is 12.9. The molecule has 0 atom stereocenters. The molecule has 1 aromatic heterocycles. The van der Waals surface area contributed by atoms with Crippen molar-refractivity contribution in [3.8, 4) is 5.69 Å². The highest BCUT2D eigenvalue weighted by Crippen LogP contribution is 2.25. The first kappa shape index (κ1) is 18.5. The van der Waals surface area contributed by atoms with Crippen LogP contribution in [0.15, 0.2) is 53.3 Å². The van der Waals surface area contributed by atoms with E-state index in [4.69, 9.17) is 35.4 Å². The van der Waals surface area contributed by atoms with Crippen LogP contribution in [0.5, 0.6) is 0 Å². The van der Waals surface area contributed by atoms with Crippen LogP contribution in [0.2, 0.25) is 10.0 Å². The summed E-state index contributed by atoms with van der Waals surface area (Å²) in [6.45, 7) is 1.85. The van der Waals surface area contributed by atoms with Gasteiger partial charge < -0.3 is 10.6 Å². The maximum atomic E-state index is 12.9. The number of hydrogen-bond donors (Lipinski definition) is 2. The maximum Gasteiger partial charge on any atom is 0.295 e. The van der Waals surface area contributed by atoms with E-state index in [0.29, 0.717) is 21.4 Å². The average Bonchev–Trinajstić information content (AvgIpc) is 2.82. The molecule has 1 heterocycles. The number of rotatable bonds is 3. The number of para-hydroxylation sites is 1. The summed E-state index contributed by atoms with van der Waals surface area (Å²) >= 11 is 17.2. The number of nitrogens with zero attached hydrogens (tertiary/aromatic N) is 2. The number of benzene rings is 2. The Hall–Kier alpha value is -2.28. The lowest BCUT2D eigenvalue weighted by atomic mass is 10.3. The highest BCUT2D eigenvalue weighted by Gasteiger charge is 2.17. The molecule has 5 nitrogen and oxygen atoms in total. The minimum absolute atomic E-state index is 0.186. The van der Waals surface area contributed by atoms with Gasteiger partial charge in [-0.05, 0) is 49.5 Å². The average molecular weight is 407 g/mol. The summed E-state index contributed by atoms with van der Waals surface area (Å²) in [6, 6.07) is 14.5. The molecule has 0 aliphatic heterocycles. The van der Waals surface area contributed by atoms with E-state index in [-0.39, 0.29) is 10.7 Å². The van der Waals surface area contributed by atoms with Gasteiger partial charge in [0.15, 0.2) is 5.11 Å². The van der Waals surface area contributed by atoms with Crippen molar-refractivity contribution < 1.29 is 0 Å². The van der Waals surface area contributed by atoms with Crippen molar-refractivity contribution >= 4 is 51.9 Å². The predicted molar refractivity (Wildman–Crippen MR) is 112 cm³/mol. The van der Waals surface area contributed by atoms with Crippen LogP contribution < -0.4 is 16.2 Å². The molecule has 2 N–H and O–H groups in total. The van der Waals surface area contributed by atoms with Gasteiger partial charge in [0.2, 0.25) is 0 Å². The summed E-state index contributed by atoms with van der Waals surface area (Å²) in [7, 11) is 1.82. The molecule has 8 heteroatoms. The van der Waals surface area contributed by atoms with Gasteiger partial charge in [-0.15, -0.1) is 0 Å². The second-order valence-corrected chi connectivity index (χ2v) is 6.87. The van der Waals surface area contributed by atoms with E-state index in [2.05, 4.69) is 10.6 Å². The molecule has 0 saturated carbocycles. The van der Waals surface area contributed by atoms with Crippen LogP contribution in [-0.2, 0) is 7.05 Å². The lowest BCUT2D eigenvalue weighted by Crippen LogP contribution is -2.25. The highest BCUT2D eigenvalue weighted by atomic mass is 35.5. The van der Waals surface area contributed by atoms with Crippen LogP contribution >= 0.6 is 35.4 Å². The van der Waals surface area contributed by atoms with E-state index in [1.807, 2.05) is 44.3 Å². The number of thiocarbonyl (C=S) groups is 1. The first-order valence-corrected chi connectivity index (χ1v) is 8.92. The van der Waals surface area contributed by atoms with Crippen LogP contribution in [0.25, 0.3) is 5.69 Å². The smallest absolute Gasteiger partial charge is 0.295 e. The second-order valence-electron chi connectivity index (χ2n) is 5.64. The fourth-order valence-electron chi connectivity index (χ4n) is 2.56. The molecule has 0 saturated heterocycles. The van der Waals surface area contributed by atoms with Gasteiger partial charge in [-0.25, -0.2) is 4.68 Å². The summed E-state index contributed by atoms with van der Waals surface area (Å²) < 4.78 is 3.36. The first-order valence-electron chi connectivity index (χ1n) is 7.75. The van der Waals surface area contributed by atoms with Crippen LogP contribution in [0.3, 0.4) is 0 Å². The molecular weight excluding hydrogens is 391 g/mol. The summed E-state index contributed by atoms with van der Waals surface area (Å²) in [5.74, 6) is 0. The van der Waals surface area contributed by atoms with Crippen molar-refractivity contribution in [1.29, 1.82) is 0 Å². The van der Waals surface area contributed by atoms with Crippen molar-refractivity contribution in [3.63, 3.8) is 0 Å². The number of aromatic nitrogens is 2. The lowest BCUT2D eigenvalue weighted by molar-refractivity contribution is 0.630. The molecule has 0 fully saturated rings. The van der Waals surface area contributed by atoms with E-state index in [9.17, 15) is 4.79 Å². The molecule has 0 aliphatic rings. The maximum absolute atomic E-state index is 12.9. The molecule has 0 bridgehead atoms. The van der Waals surface area contributed by atoms with Crippen molar-refractivity contribution in [3.05, 3.63) is 74.6 Å². The Balaban J connectivity index is 1.87. The Labute approximate surface area is 166 Å². The molecule has 3 aromatic rings. The van der Waals surface area contributed by atoms with Crippen LogP contribution in [-0.4, -0.2) is 14.5 Å². The van der Waals surface area contributed by atoms with Gasteiger partial charge in [0, 0.05) is 12.7 Å². The van der Waals surface area contributed by atoms with Gasteiger partial charge in [0.25, 0.3) is 5.56 Å². The molecule has 0 unspecified atom stereocenters. The summed E-state index contributed by atoms with van der Waals surface area (Å²) in [6.07, 6.45) is 0. The Kier molecular flexibility index (Phi) is 5.36. The summed E-state index contributed by atoms with van der Waals surface area (Å²) in [5, 5.41) is 7.15. The van der Waals surface area contributed by atoms with Gasteiger partial charge in [0.05, 0.1) is 21.4 Å². The third-order valence-electron chi connectivity index (χ3n) is 3.97. The van der Waals surface area contributed by atoms with Crippen LogP contribution in [0.4, 0.5) is 11.4 Å². The minimum Gasteiger partial charge on any atom is -0.332 e. The monoisotopic (exact) mass is 406 g/mol. The SMILES string of the molecule is Cc1c(NC(=S)Nc2ccc(Cl)c(Cl)c2)c(=O)n(-c2ccccc2)n1C. The topological polar surface area (TPSA) is 51.0 Å². The van der Waals surface area contributed by atoms with Gasteiger partial charge >= 0.3 is 0 Å². The zero-order valence-corrected chi connectivity index (χ0v) is 16.4. The normalized spacial score (nSPS) is 10.6. The third-order valence-corrected chi connectivity index (χ3v) is 4.91. The van der Waals surface area contributed by atoms with Gasteiger partial charge in [-0.3, -0.25) is 9.48 Å². The van der Waals surface area contributed by atoms with E-state index >= 15 is 0 Å². The molecule has 0 spiro atoms. The Morgan fingerprint density at radius 2 is 1.73 bits per heavy atom. The number of hydrogen-bond acceptors (Lipinski definition) is 2. The van der Waals surface area contributed by atoms with E-state index in [0.717, 1.165) is 11.4 Å². The standard InChI is InChI=1S/C18H16Cl2N4OS/c1-11-16(17(25)24(23(11)2)13-6-4-3-5-7-13)22-18(26)21-12-8-9-14(19)15(20)10-12/h3-10H,1-2H3,(H2,21,22,26). The van der Waals surface area contributed by atoms with Crippen molar-refractivity contribution in [2.75, 3.05) is 10.6 Å². The molecule has 0 amide bonds. The molecule has 3 rings (SSSR count). The van der Waals surface area contributed by atoms with E-state index in [1.165, 1.54) is 0 Å². The number of nitrogens with one attached hydrogen (secondary N) is 2. The zero-order chi connectivity index (χ0) is 18.8. The molecule has 0 aliphatic carbocycles. The number of halogens is 2. The highest BCUT2D eigenvalue weighted by molar-refractivity contribution is 7.80. The fourth-order valence-corrected chi connectivity index (χ4v) is 3.08. The molecular formula is C18H16Cl2N4OS. The zero-order valence-electron chi connectivity index (χ0n) is 14.1. The molecule has 2 aromatic carbocycles. The Morgan fingerprint density at radius 3 is 2.38 bits per heavy atom. The van der Waals surface area contributed by atoms with Crippen LogP contribution in [0, 0.1) is 6.92 Å². The quantitative estimate of drug-likeness (QED) is 0.623. The van der Waals surface area contributed by atoms with E-state index in [1.54, 1.807) is 27.6 Å². The lowest BCUT2D eigenvalue weighted by Gasteiger charge is -2.10. The Bertz CT molecular complexity index is 1030. The van der Waals surface area contributed by atoms with E-state index < -0.39 is 0 Å². The molecule has 134 valence electrons. The van der Waals surface area contributed by atoms with Crippen molar-refractivity contribution in [1.82, 2.24) is 9.36 Å². The predicted octanol–water partition coefficient (Wildman–Crippen LogP) is 4.60. The third kappa shape index (κ3) is 3.62. The van der Waals surface area contributed by atoms with Gasteiger partial charge in [-0.1, -0.05) is 41.4 Å². The largest absolute Gasteiger partial charge is 0.332 e. The van der Waals surface area contributed by atoms with Crippen molar-refractivity contribution in [2.24, 2.45) is 7.05 Å². The van der Waals surface area contributed by atoms with Gasteiger partial charge in [-0.2, -0.15) is 0 Å². The van der Waals surface area contributed by atoms with Crippen molar-refractivity contribution in [2.45, 2.75) is 6.92 Å². The molecule has 0 radical (unpaired) electrons. The molecule has 26 heavy (non-hydrogen) atoms. The van der Waals surface area contributed by atoms with Crippen LogP contribution in [0.1, 0.15) is 5.69 Å². The Morgan fingerprint density at radius 1 is 1.04 bits per heavy atom. The fraction of sp³-hybridized carbons (Fsp3) is 0.111. The van der Waals surface area contributed by atoms with Gasteiger partial charge in [0.1, 0.15) is 5.69 Å². The minimum atomic E-state index is -0.186. The first-order chi connectivity index (χ1) is 12.4. The number of anilines is 2. The second kappa shape index (κ2) is 7.53.